The summed E-state index contributed by atoms with van der Waals surface area (Å²) in [5.41, 5.74) is 5.37. The summed E-state index contributed by atoms with van der Waals surface area (Å²) in [7, 11) is -4.04. The monoisotopic (exact) mass is 445 g/mol. The first-order valence-corrected chi connectivity index (χ1v) is 10.6. The molecule has 0 bridgehead atoms. The molecular formula is C17H23N3O9S. The van der Waals surface area contributed by atoms with Gasteiger partial charge < -0.3 is 19.9 Å². The zero-order chi connectivity index (χ0) is 22.6. The Balaban J connectivity index is 2.54. The molecular weight excluding hydrogens is 422 g/mol. The maximum absolute atomic E-state index is 12.5. The van der Waals surface area contributed by atoms with Gasteiger partial charge in [0.25, 0.3) is 10.1 Å². The predicted molar refractivity (Wildman–Crippen MR) is 103 cm³/mol. The smallest absolute Gasteiger partial charge is 0.351 e. The molecule has 13 heteroatoms. The van der Waals surface area contributed by atoms with Crippen LogP contribution in [0.25, 0.3) is 0 Å². The molecule has 2 heterocycles. The Labute approximate surface area is 172 Å². The van der Waals surface area contributed by atoms with Crippen molar-refractivity contribution >= 4 is 27.9 Å². The minimum absolute atomic E-state index is 0.0152. The lowest BCUT2D eigenvalue weighted by molar-refractivity contribution is -0.155. The molecule has 0 aliphatic carbocycles. The van der Waals surface area contributed by atoms with E-state index in [0.29, 0.717) is 5.56 Å². The normalized spacial score (nSPS) is 23.7. The fourth-order valence-electron chi connectivity index (χ4n) is 2.92. The third kappa shape index (κ3) is 5.87. The molecule has 2 N–H and O–H groups in total. The van der Waals surface area contributed by atoms with Crippen LogP contribution in [0.3, 0.4) is 0 Å². The van der Waals surface area contributed by atoms with E-state index in [1.165, 1.54) is 6.20 Å². The van der Waals surface area contributed by atoms with Gasteiger partial charge in [0.2, 0.25) is 0 Å². The van der Waals surface area contributed by atoms with E-state index in [2.05, 4.69) is 11.6 Å². The Kier molecular flexibility index (Phi) is 7.34. The van der Waals surface area contributed by atoms with Crippen molar-refractivity contribution in [3.63, 3.8) is 0 Å². The van der Waals surface area contributed by atoms with Crippen LogP contribution in [-0.4, -0.2) is 61.1 Å². The van der Waals surface area contributed by atoms with E-state index >= 15 is 0 Å². The van der Waals surface area contributed by atoms with Crippen molar-refractivity contribution in [2.45, 2.75) is 44.8 Å². The summed E-state index contributed by atoms with van der Waals surface area (Å²) in [6, 6.07) is 0. The summed E-state index contributed by atoms with van der Waals surface area (Å²) in [5.74, 6) is -1.44. The average molecular weight is 445 g/mol. The Hall–Kier alpha value is -2.77. The number of esters is 2. The van der Waals surface area contributed by atoms with Gasteiger partial charge in [-0.05, 0) is 6.42 Å². The van der Waals surface area contributed by atoms with E-state index in [1.807, 2.05) is 0 Å². The summed E-state index contributed by atoms with van der Waals surface area (Å²) < 4.78 is 45.5. The van der Waals surface area contributed by atoms with Gasteiger partial charge in [-0.1, -0.05) is 6.08 Å². The van der Waals surface area contributed by atoms with E-state index in [4.69, 9.17) is 24.1 Å². The van der Waals surface area contributed by atoms with E-state index in [-0.39, 0.29) is 12.2 Å². The number of nitrogen functional groups attached to an aromatic ring is 1. The zero-order valence-electron chi connectivity index (χ0n) is 16.6. The summed E-state index contributed by atoms with van der Waals surface area (Å²) in [6.45, 7) is 5.45. The van der Waals surface area contributed by atoms with E-state index in [9.17, 15) is 22.8 Å². The van der Waals surface area contributed by atoms with E-state index in [0.717, 1.165) is 24.7 Å². The van der Waals surface area contributed by atoms with Crippen LogP contribution in [-0.2, 0) is 44.5 Å². The Morgan fingerprint density at radius 2 is 2.00 bits per heavy atom. The minimum atomic E-state index is -4.04. The Morgan fingerprint density at radius 1 is 1.33 bits per heavy atom. The maximum atomic E-state index is 12.5. The fraction of sp³-hybridized carbons (Fsp3) is 0.529. The van der Waals surface area contributed by atoms with Gasteiger partial charge in [0, 0.05) is 25.6 Å². The number of ether oxygens (including phenoxy) is 3. The van der Waals surface area contributed by atoms with Crippen molar-refractivity contribution in [2.24, 2.45) is 0 Å². The molecule has 1 saturated heterocycles. The molecule has 12 nitrogen and oxygen atoms in total. The highest BCUT2D eigenvalue weighted by Crippen LogP contribution is 2.34. The molecule has 1 aromatic heterocycles. The number of nitrogens with zero attached hydrogens (tertiary/aromatic N) is 2. The second-order valence-corrected chi connectivity index (χ2v) is 8.14. The van der Waals surface area contributed by atoms with Gasteiger partial charge in [-0.15, -0.1) is 6.58 Å². The first kappa shape index (κ1) is 23.5. The predicted octanol–water partition coefficient (Wildman–Crippen LogP) is -0.709. The third-order valence-corrected chi connectivity index (χ3v) is 4.60. The van der Waals surface area contributed by atoms with Crippen LogP contribution in [0.15, 0.2) is 23.6 Å². The van der Waals surface area contributed by atoms with Crippen LogP contribution in [0.2, 0.25) is 0 Å². The highest BCUT2D eigenvalue weighted by atomic mass is 32.2. The molecule has 1 aliphatic heterocycles. The molecule has 0 unspecified atom stereocenters. The number of rotatable bonds is 8. The van der Waals surface area contributed by atoms with E-state index < -0.39 is 58.9 Å². The first-order valence-electron chi connectivity index (χ1n) is 8.75. The molecule has 30 heavy (non-hydrogen) atoms. The number of hydrogen-bond donors (Lipinski definition) is 1. The van der Waals surface area contributed by atoms with Gasteiger partial charge in [0.1, 0.15) is 24.6 Å². The van der Waals surface area contributed by atoms with Crippen LogP contribution in [0.5, 0.6) is 0 Å². The van der Waals surface area contributed by atoms with Crippen molar-refractivity contribution in [2.75, 3.05) is 18.6 Å². The van der Waals surface area contributed by atoms with E-state index in [1.54, 1.807) is 6.08 Å². The van der Waals surface area contributed by atoms with Crippen molar-refractivity contribution in [3.05, 3.63) is 34.9 Å². The van der Waals surface area contributed by atoms with Crippen LogP contribution in [0, 0.1) is 0 Å². The fourth-order valence-corrected chi connectivity index (χ4v) is 3.55. The third-order valence-electron chi connectivity index (χ3n) is 4.02. The quantitative estimate of drug-likeness (QED) is 0.305. The SMILES string of the molecule is C=CCc1cn([C@@H]2O[C@H](COC(C)=O)[C@H](OS(C)(=O)=O)[C@H]2OC(C)=O)c(=O)nc1N. The molecule has 1 aliphatic rings. The number of nitrogens with two attached hydrogens (primary N) is 1. The number of carbonyl (C=O) groups excluding carboxylic acids is 2. The summed E-state index contributed by atoms with van der Waals surface area (Å²) in [5, 5.41) is 0. The minimum Gasteiger partial charge on any atom is -0.463 e. The maximum Gasteiger partial charge on any atom is 0.351 e. The Morgan fingerprint density at radius 3 is 2.53 bits per heavy atom. The number of aromatic nitrogens is 2. The lowest BCUT2D eigenvalue weighted by atomic mass is 10.1. The Bertz CT molecular complexity index is 989. The topological polar surface area (TPSA) is 166 Å². The average Bonchev–Trinajstić information content (AvgIpc) is 2.91. The van der Waals surface area contributed by atoms with Crippen LogP contribution < -0.4 is 11.4 Å². The molecule has 0 spiro atoms. The largest absolute Gasteiger partial charge is 0.463 e. The second kappa shape index (κ2) is 9.36. The first-order chi connectivity index (χ1) is 13.9. The van der Waals surface area contributed by atoms with Crippen molar-refractivity contribution < 1.29 is 36.4 Å². The molecule has 1 aromatic rings. The number of carbonyl (C=O) groups is 2. The van der Waals surface area contributed by atoms with Crippen molar-refractivity contribution in [3.8, 4) is 0 Å². The summed E-state index contributed by atoms with van der Waals surface area (Å²) >= 11 is 0. The lowest BCUT2D eigenvalue weighted by Crippen LogP contribution is -2.42. The number of hydrogen-bond acceptors (Lipinski definition) is 11. The molecule has 0 radical (unpaired) electrons. The van der Waals surface area contributed by atoms with Crippen LogP contribution in [0.1, 0.15) is 25.6 Å². The van der Waals surface area contributed by atoms with Crippen LogP contribution in [0.4, 0.5) is 5.82 Å². The van der Waals surface area contributed by atoms with Gasteiger partial charge >= 0.3 is 17.6 Å². The highest BCUT2D eigenvalue weighted by Gasteiger charge is 2.51. The molecule has 0 aromatic carbocycles. The van der Waals surface area contributed by atoms with Gasteiger partial charge in [0.05, 0.1) is 6.26 Å². The highest BCUT2D eigenvalue weighted by molar-refractivity contribution is 7.86. The summed E-state index contributed by atoms with van der Waals surface area (Å²) in [4.78, 5) is 39.0. The second-order valence-electron chi connectivity index (χ2n) is 6.54. The standard InChI is InChI=1S/C17H23N3O9S/c1-5-6-11-7-20(17(23)19-15(11)18)16-14(27-10(3)22)13(29-30(4,24)25)12(28-16)8-26-9(2)21/h5,7,12-14,16H,1,6,8H2,2-4H3,(H2,18,19,23)/t12-,13+,14-,16-/m1/s1. The molecule has 2 rings (SSSR count). The molecule has 0 saturated carbocycles. The van der Waals surface area contributed by atoms with Crippen LogP contribution >= 0.6 is 0 Å². The lowest BCUT2D eigenvalue weighted by Gasteiger charge is -2.23. The van der Waals surface area contributed by atoms with Crippen molar-refractivity contribution in [1.29, 1.82) is 0 Å². The molecule has 166 valence electrons. The van der Waals surface area contributed by atoms with Crippen molar-refractivity contribution in [1.82, 2.24) is 9.55 Å². The van der Waals surface area contributed by atoms with Gasteiger partial charge in [-0.3, -0.25) is 18.3 Å². The van der Waals surface area contributed by atoms with Gasteiger partial charge in [0.15, 0.2) is 12.3 Å². The molecule has 0 amide bonds. The molecule has 1 fully saturated rings. The van der Waals surface area contributed by atoms with Gasteiger partial charge in [-0.25, -0.2) is 4.79 Å². The van der Waals surface area contributed by atoms with Gasteiger partial charge in [-0.2, -0.15) is 13.4 Å². The summed E-state index contributed by atoms with van der Waals surface area (Å²) in [6.07, 6.45) is -1.26. The zero-order valence-corrected chi connectivity index (χ0v) is 17.5. The molecule has 4 atom stereocenters. The number of anilines is 1. The number of allylic oxidation sites excluding steroid dienone is 1.